The first kappa shape index (κ1) is 13.6. The summed E-state index contributed by atoms with van der Waals surface area (Å²) in [5, 5.41) is 0.600. The lowest BCUT2D eigenvalue weighted by molar-refractivity contribution is 0.112. The summed E-state index contributed by atoms with van der Waals surface area (Å²) in [5.41, 5.74) is 4.50. The zero-order valence-electron chi connectivity index (χ0n) is 11.2. The van der Waals surface area contributed by atoms with Crippen LogP contribution in [0.4, 0.5) is 0 Å². The van der Waals surface area contributed by atoms with Gasteiger partial charge in [-0.2, -0.15) is 0 Å². The summed E-state index contributed by atoms with van der Waals surface area (Å²) in [6.45, 7) is 4.01. The third-order valence-electron chi connectivity index (χ3n) is 3.08. The number of aldehydes is 1. The van der Waals surface area contributed by atoms with Gasteiger partial charge in [0.05, 0.1) is 7.11 Å². The van der Waals surface area contributed by atoms with Crippen molar-refractivity contribution >= 4 is 17.9 Å². The topological polar surface area (TPSA) is 26.3 Å². The molecular weight excluding hydrogens is 260 g/mol. The van der Waals surface area contributed by atoms with Crippen molar-refractivity contribution in [2.75, 3.05) is 7.11 Å². The van der Waals surface area contributed by atoms with Crippen molar-refractivity contribution < 1.29 is 9.53 Å². The molecule has 0 heterocycles. The standard InChI is InChI=1S/C16H15ClO2/c1-10-6-11(2)16(15(7-10)19-3)14-8-13(17)5-4-12(14)9-18/h4-9H,1-3H3. The van der Waals surface area contributed by atoms with Gasteiger partial charge in [-0.15, -0.1) is 0 Å². The third-order valence-corrected chi connectivity index (χ3v) is 3.31. The highest BCUT2D eigenvalue weighted by Crippen LogP contribution is 2.37. The molecule has 0 fully saturated rings. The number of carbonyl (C=O) groups is 1. The highest BCUT2D eigenvalue weighted by atomic mass is 35.5. The van der Waals surface area contributed by atoms with Gasteiger partial charge in [0.25, 0.3) is 0 Å². The molecule has 0 amide bonds. The van der Waals surface area contributed by atoms with Crippen molar-refractivity contribution in [3.05, 3.63) is 52.0 Å². The van der Waals surface area contributed by atoms with E-state index < -0.39 is 0 Å². The maximum Gasteiger partial charge on any atom is 0.150 e. The Labute approximate surface area is 118 Å². The maximum absolute atomic E-state index is 11.2. The predicted octanol–water partition coefficient (Wildman–Crippen LogP) is 4.44. The highest BCUT2D eigenvalue weighted by molar-refractivity contribution is 6.31. The van der Waals surface area contributed by atoms with Crippen LogP contribution < -0.4 is 4.74 Å². The van der Waals surface area contributed by atoms with Gasteiger partial charge in [-0.1, -0.05) is 17.7 Å². The summed E-state index contributed by atoms with van der Waals surface area (Å²) in [6, 6.07) is 9.25. The monoisotopic (exact) mass is 274 g/mol. The molecule has 0 aromatic heterocycles. The van der Waals surface area contributed by atoms with Crippen LogP contribution >= 0.6 is 11.6 Å². The van der Waals surface area contributed by atoms with E-state index in [2.05, 4.69) is 6.07 Å². The predicted molar refractivity (Wildman–Crippen MR) is 78.3 cm³/mol. The Bertz CT molecular complexity index is 633. The number of rotatable bonds is 3. The molecule has 0 aliphatic carbocycles. The number of carbonyl (C=O) groups excluding carboxylic acids is 1. The molecule has 0 radical (unpaired) electrons. The van der Waals surface area contributed by atoms with Gasteiger partial charge in [-0.05, 0) is 54.8 Å². The van der Waals surface area contributed by atoms with E-state index in [0.29, 0.717) is 10.6 Å². The fourth-order valence-electron chi connectivity index (χ4n) is 2.28. The van der Waals surface area contributed by atoms with Gasteiger partial charge >= 0.3 is 0 Å². The van der Waals surface area contributed by atoms with Crippen LogP contribution in [0.15, 0.2) is 30.3 Å². The fourth-order valence-corrected chi connectivity index (χ4v) is 2.45. The molecule has 0 aliphatic heterocycles. The third kappa shape index (κ3) is 2.64. The maximum atomic E-state index is 11.2. The van der Waals surface area contributed by atoms with E-state index in [1.807, 2.05) is 19.9 Å². The lowest BCUT2D eigenvalue weighted by atomic mass is 9.94. The summed E-state index contributed by atoms with van der Waals surface area (Å²) in [4.78, 5) is 11.2. The zero-order valence-corrected chi connectivity index (χ0v) is 11.9. The van der Waals surface area contributed by atoms with E-state index in [1.54, 1.807) is 25.3 Å². The van der Waals surface area contributed by atoms with Crippen molar-refractivity contribution in [1.82, 2.24) is 0 Å². The summed E-state index contributed by atoms with van der Waals surface area (Å²) in [6.07, 6.45) is 0.838. The van der Waals surface area contributed by atoms with Crippen LogP contribution in [0.1, 0.15) is 21.5 Å². The lowest BCUT2D eigenvalue weighted by Gasteiger charge is -2.15. The van der Waals surface area contributed by atoms with E-state index in [9.17, 15) is 4.79 Å². The van der Waals surface area contributed by atoms with Crippen LogP contribution in [-0.2, 0) is 0 Å². The summed E-state index contributed by atoms with van der Waals surface area (Å²) >= 11 is 6.05. The average Bonchev–Trinajstić information content (AvgIpc) is 2.37. The van der Waals surface area contributed by atoms with E-state index in [4.69, 9.17) is 16.3 Å². The minimum Gasteiger partial charge on any atom is -0.496 e. The van der Waals surface area contributed by atoms with Crippen LogP contribution in [-0.4, -0.2) is 13.4 Å². The molecule has 19 heavy (non-hydrogen) atoms. The van der Waals surface area contributed by atoms with Gasteiger partial charge in [0.15, 0.2) is 6.29 Å². The number of hydrogen-bond donors (Lipinski definition) is 0. The van der Waals surface area contributed by atoms with Gasteiger partial charge in [-0.25, -0.2) is 0 Å². The van der Waals surface area contributed by atoms with Crippen LogP contribution in [0.5, 0.6) is 5.75 Å². The second-order valence-electron chi connectivity index (χ2n) is 4.51. The lowest BCUT2D eigenvalue weighted by Crippen LogP contribution is -1.96. The van der Waals surface area contributed by atoms with Gasteiger partial charge in [0.1, 0.15) is 5.75 Å². The van der Waals surface area contributed by atoms with Crippen LogP contribution in [0.3, 0.4) is 0 Å². The quantitative estimate of drug-likeness (QED) is 0.773. The van der Waals surface area contributed by atoms with E-state index >= 15 is 0 Å². The first-order valence-electron chi connectivity index (χ1n) is 5.97. The molecule has 0 saturated carbocycles. The van der Waals surface area contributed by atoms with Crippen molar-refractivity contribution in [2.45, 2.75) is 13.8 Å². The molecular formula is C16H15ClO2. The summed E-state index contributed by atoms with van der Waals surface area (Å²) in [5.74, 6) is 0.753. The van der Waals surface area contributed by atoms with Crippen molar-refractivity contribution in [3.8, 4) is 16.9 Å². The second kappa shape index (κ2) is 5.45. The Hall–Kier alpha value is -1.80. The normalized spacial score (nSPS) is 10.3. The number of benzene rings is 2. The number of hydrogen-bond acceptors (Lipinski definition) is 2. The summed E-state index contributed by atoms with van der Waals surface area (Å²) in [7, 11) is 1.63. The number of ether oxygens (including phenoxy) is 1. The van der Waals surface area contributed by atoms with Crippen LogP contribution in [0, 0.1) is 13.8 Å². The SMILES string of the molecule is COc1cc(C)cc(C)c1-c1cc(Cl)ccc1C=O. The minimum absolute atomic E-state index is 0.600. The molecule has 0 atom stereocenters. The largest absolute Gasteiger partial charge is 0.496 e. The van der Waals surface area contributed by atoms with E-state index in [-0.39, 0.29) is 0 Å². The Morgan fingerprint density at radius 3 is 2.53 bits per heavy atom. The van der Waals surface area contributed by atoms with Crippen LogP contribution in [0.2, 0.25) is 5.02 Å². The molecule has 0 unspecified atom stereocenters. The Morgan fingerprint density at radius 1 is 1.16 bits per heavy atom. The molecule has 2 aromatic carbocycles. The Kier molecular flexibility index (Phi) is 3.91. The number of methoxy groups -OCH3 is 1. The second-order valence-corrected chi connectivity index (χ2v) is 4.94. The van der Waals surface area contributed by atoms with E-state index in [0.717, 1.165) is 34.3 Å². The van der Waals surface area contributed by atoms with Crippen molar-refractivity contribution in [1.29, 1.82) is 0 Å². The first-order chi connectivity index (χ1) is 9.06. The van der Waals surface area contributed by atoms with Crippen molar-refractivity contribution in [2.24, 2.45) is 0 Å². The zero-order chi connectivity index (χ0) is 14.0. The molecule has 0 aliphatic rings. The molecule has 0 bridgehead atoms. The van der Waals surface area contributed by atoms with Gasteiger partial charge in [0, 0.05) is 16.1 Å². The number of halogens is 1. The molecule has 0 saturated heterocycles. The highest BCUT2D eigenvalue weighted by Gasteiger charge is 2.14. The summed E-state index contributed by atoms with van der Waals surface area (Å²) < 4.78 is 5.44. The molecule has 3 heteroatoms. The van der Waals surface area contributed by atoms with Gasteiger partial charge in [-0.3, -0.25) is 4.79 Å². The number of aryl methyl sites for hydroxylation is 2. The fraction of sp³-hybridized carbons (Fsp3) is 0.188. The van der Waals surface area contributed by atoms with Gasteiger partial charge in [0.2, 0.25) is 0 Å². The van der Waals surface area contributed by atoms with Crippen LogP contribution in [0.25, 0.3) is 11.1 Å². The Morgan fingerprint density at radius 2 is 1.89 bits per heavy atom. The average molecular weight is 275 g/mol. The molecule has 2 aromatic rings. The molecule has 0 N–H and O–H groups in total. The molecule has 98 valence electrons. The first-order valence-corrected chi connectivity index (χ1v) is 6.35. The van der Waals surface area contributed by atoms with E-state index in [1.165, 1.54) is 0 Å². The van der Waals surface area contributed by atoms with Crippen molar-refractivity contribution in [3.63, 3.8) is 0 Å². The molecule has 2 rings (SSSR count). The Balaban J connectivity index is 2.78. The minimum atomic E-state index is 0.600. The molecule has 2 nitrogen and oxygen atoms in total. The van der Waals surface area contributed by atoms with Gasteiger partial charge < -0.3 is 4.74 Å². The molecule has 0 spiro atoms. The smallest absolute Gasteiger partial charge is 0.150 e.